The van der Waals surface area contributed by atoms with Crippen molar-refractivity contribution >= 4 is 13.2 Å². The third-order valence-electron chi connectivity index (χ3n) is 2.70. The molecule has 0 saturated heterocycles. The lowest BCUT2D eigenvalue weighted by Gasteiger charge is -2.09. The van der Waals surface area contributed by atoms with Crippen LogP contribution in [0.1, 0.15) is 13.8 Å². The van der Waals surface area contributed by atoms with Crippen molar-refractivity contribution in [3.8, 4) is 0 Å². The van der Waals surface area contributed by atoms with Crippen LogP contribution < -0.4 is 5.30 Å². The summed E-state index contributed by atoms with van der Waals surface area (Å²) >= 11 is 0. The van der Waals surface area contributed by atoms with Gasteiger partial charge in [-0.05, 0) is 24.3 Å². The van der Waals surface area contributed by atoms with Crippen molar-refractivity contribution in [3.05, 3.63) is 41.7 Å². The molecule has 0 amide bonds. The Labute approximate surface area is 81.4 Å². The molecule has 0 N–H and O–H groups in total. The van der Waals surface area contributed by atoms with Gasteiger partial charge in [0.2, 0.25) is 0 Å². The Morgan fingerprint density at radius 2 is 1.92 bits per heavy atom. The molecule has 2 atom stereocenters. The molecule has 0 fully saturated rings. The summed E-state index contributed by atoms with van der Waals surface area (Å²) in [6.45, 7) is 4.59. The molecule has 13 heavy (non-hydrogen) atoms. The van der Waals surface area contributed by atoms with Crippen LogP contribution in [0.4, 0.5) is 0 Å². The van der Waals surface area contributed by atoms with Gasteiger partial charge in [-0.3, -0.25) is 0 Å². The van der Waals surface area contributed by atoms with Crippen LogP contribution in [0, 0.1) is 5.92 Å². The number of hydrogen-bond acceptors (Lipinski definition) is 0. The average molecular weight is 190 g/mol. The maximum absolute atomic E-state index is 2.48. The van der Waals surface area contributed by atoms with E-state index in [0.717, 1.165) is 5.92 Å². The maximum Gasteiger partial charge on any atom is -0.0186 e. The van der Waals surface area contributed by atoms with Crippen molar-refractivity contribution in [2.24, 2.45) is 5.92 Å². The zero-order chi connectivity index (χ0) is 9.26. The Morgan fingerprint density at radius 3 is 2.46 bits per heavy atom. The average Bonchev–Trinajstić information content (AvgIpc) is 2.49. The Balaban J connectivity index is 2.22. The molecule has 0 bridgehead atoms. The van der Waals surface area contributed by atoms with Crippen molar-refractivity contribution < 1.29 is 0 Å². The van der Waals surface area contributed by atoms with E-state index in [2.05, 4.69) is 50.0 Å². The van der Waals surface area contributed by atoms with Gasteiger partial charge in [-0.2, -0.15) is 0 Å². The Bertz CT molecular complexity index is 313. The fourth-order valence-electron chi connectivity index (χ4n) is 1.66. The van der Waals surface area contributed by atoms with Crippen molar-refractivity contribution in [3.63, 3.8) is 0 Å². The molecule has 0 aliphatic carbocycles. The molecule has 1 aromatic rings. The van der Waals surface area contributed by atoms with E-state index in [9.17, 15) is 0 Å². The molecule has 0 radical (unpaired) electrons. The van der Waals surface area contributed by atoms with Crippen LogP contribution in [0.15, 0.2) is 41.7 Å². The van der Waals surface area contributed by atoms with Gasteiger partial charge in [-0.25, -0.2) is 0 Å². The van der Waals surface area contributed by atoms with E-state index in [4.69, 9.17) is 0 Å². The van der Waals surface area contributed by atoms with Crippen molar-refractivity contribution in [1.29, 1.82) is 0 Å². The smallest absolute Gasteiger partial charge is 0.0186 e. The number of allylic oxidation sites excluding steroid dienone is 1. The molecule has 1 aromatic carbocycles. The van der Waals surface area contributed by atoms with Gasteiger partial charge in [0.25, 0.3) is 0 Å². The monoisotopic (exact) mass is 190 g/mol. The molecule has 1 aliphatic rings. The van der Waals surface area contributed by atoms with Crippen LogP contribution in [0.25, 0.3) is 0 Å². The van der Waals surface area contributed by atoms with Crippen LogP contribution in [0.2, 0.25) is 0 Å². The summed E-state index contributed by atoms with van der Waals surface area (Å²) in [5.41, 5.74) is 1.58. The zero-order valence-corrected chi connectivity index (χ0v) is 9.09. The Hall–Kier alpha value is -0.610. The lowest BCUT2D eigenvalue weighted by Crippen LogP contribution is -2.01. The van der Waals surface area contributed by atoms with E-state index >= 15 is 0 Å². The van der Waals surface area contributed by atoms with Crippen LogP contribution >= 0.6 is 7.92 Å². The van der Waals surface area contributed by atoms with E-state index in [1.165, 1.54) is 11.5 Å². The van der Waals surface area contributed by atoms with Crippen LogP contribution in [-0.2, 0) is 0 Å². The molecule has 0 saturated carbocycles. The van der Waals surface area contributed by atoms with Gasteiger partial charge in [0, 0.05) is 0 Å². The molecular formula is C12H15P. The predicted molar refractivity (Wildman–Crippen MR) is 60.8 cm³/mol. The third kappa shape index (κ3) is 1.84. The fourth-order valence-corrected chi connectivity index (χ4v) is 4.31. The van der Waals surface area contributed by atoms with Crippen LogP contribution in [0.3, 0.4) is 0 Å². The fraction of sp³-hybridized carbons (Fsp3) is 0.333. The molecule has 1 aliphatic heterocycles. The highest BCUT2D eigenvalue weighted by Gasteiger charge is 2.20. The minimum absolute atomic E-state index is 0.0190. The molecule has 2 rings (SSSR count). The highest BCUT2D eigenvalue weighted by molar-refractivity contribution is 7.69. The summed E-state index contributed by atoms with van der Waals surface area (Å²) in [6, 6.07) is 10.9. The normalized spacial score (nSPS) is 27.4. The lowest BCUT2D eigenvalue weighted by atomic mass is 10.1. The van der Waals surface area contributed by atoms with E-state index in [0.29, 0.717) is 0 Å². The minimum atomic E-state index is 0.0190. The second-order valence-corrected chi connectivity index (χ2v) is 5.84. The Kier molecular flexibility index (Phi) is 2.51. The topological polar surface area (TPSA) is 0 Å². The van der Waals surface area contributed by atoms with Gasteiger partial charge in [0.1, 0.15) is 0 Å². The summed E-state index contributed by atoms with van der Waals surface area (Å²) in [5, 5.41) is 1.53. The summed E-state index contributed by atoms with van der Waals surface area (Å²) in [7, 11) is 0.0190. The minimum Gasteiger partial charge on any atom is -0.0693 e. The lowest BCUT2D eigenvalue weighted by molar-refractivity contribution is 0.795. The van der Waals surface area contributed by atoms with Gasteiger partial charge in [0.15, 0.2) is 0 Å². The highest BCUT2D eigenvalue weighted by Crippen LogP contribution is 2.47. The molecule has 0 spiro atoms. The van der Waals surface area contributed by atoms with Gasteiger partial charge >= 0.3 is 0 Å². The molecule has 1 heteroatoms. The molecular weight excluding hydrogens is 175 g/mol. The van der Waals surface area contributed by atoms with E-state index in [1.54, 1.807) is 5.57 Å². The molecule has 0 nitrogen and oxygen atoms in total. The van der Waals surface area contributed by atoms with Gasteiger partial charge in [-0.1, -0.05) is 56.6 Å². The second kappa shape index (κ2) is 3.64. The molecule has 2 unspecified atom stereocenters. The predicted octanol–water partition coefficient (Wildman–Crippen LogP) is 3.35. The van der Waals surface area contributed by atoms with E-state index < -0.39 is 0 Å². The Morgan fingerprint density at radius 1 is 1.23 bits per heavy atom. The summed E-state index contributed by atoms with van der Waals surface area (Å²) in [4.78, 5) is 0. The van der Waals surface area contributed by atoms with Gasteiger partial charge in [0.05, 0.1) is 0 Å². The first-order chi connectivity index (χ1) is 6.27. The second-order valence-electron chi connectivity index (χ2n) is 3.76. The summed E-state index contributed by atoms with van der Waals surface area (Å²) in [6.07, 6.45) is 1.35. The standard InChI is InChI=1S/C12H15P/c1-10-8-13(9-11(10)2)12-6-4-3-5-7-12/h3-8,11H,9H2,1-2H3. The first-order valence-electron chi connectivity index (χ1n) is 4.77. The third-order valence-corrected chi connectivity index (χ3v) is 5.32. The zero-order valence-electron chi connectivity index (χ0n) is 8.20. The quantitative estimate of drug-likeness (QED) is 0.596. The summed E-state index contributed by atoms with van der Waals surface area (Å²) in [5.74, 6) is 3.28. The van der Waals surface area contributed by atoms with Crippen molar-refractivity contribution in [2.45, 2.75) is 13.8 Å². The van der Waals surface area contributed by atoms with Gasteiger partial charge in [-0.15, -0.1) is 0 Å². The SMILES string of the molecule is CC1=CP(c2ccccc2)CC1C. The highest BCUT2D eigenvalue weighted by atomic mass is 31.1. The molecule has 0 aromatic heterocycles. The maximum atomic E-state index is 2.48. The van der Waals surface area contributed by atoms with Crippen molar-refractivity contribution in [1.82, 2.24) is 0 Å². The van der Waals surface area contributed by atoms with Crippen LogP contribution in [0.5, 0.6) is 0 Å². The first kappa shape index (κ1) is 8.97. The molecule has 1 heterocycles. The molecule has 68 valence electrons. The largest absolute Gasteiger partial charge is 0.0693 e. The first-order valence-corrected chi connectivity index (χ1v) is 6.37. The number of rotatable bonds is 1. The summed E-state index contributed by atoms with van der Waals surface area (Å²) < 4.78 is 0. The van der Waals surface area contributed by atoms with Gasteiger partial charge < -0.3 is 0 Å². The number of hydrogen-bond donors (Lipinski definition) is 0. The van der Waals surface area contributed by atoms with Crippen molar-refractivity contribution in [2.75, 3.05) is 6.16 Å². The van der Waals surface area contributed by atoms with E-state index in [1.807, 2.05) is 0 Å². The van der Waals surface area contributed by atoms with Crippen LogP contribution in [-0.4, -0.2) is 6.16 Å². The number of benzene rings is 1. The van der Waals surface area contributed by atoms with E-state index in [-0.39, 0.29) is 7.92 Å².